The quantitative estimate of drug-likeness (QED) is 0.326. The van der Waals surface area contributed by atoms with Crippen molar-refractivity contribution in [2.75, 3.05) is 4.90 Å². The predicted molar refractivity (Wildman–Crippen MR) is 130 cm³/mol. The predicted octanol–water partition coefficient (Wildman–Crippen LogP) is 5.80. The molecule has 1 fully saturated rings. The number of nitrogens with zero attached hydrogens (tertiary/aromatic N) is 1. The standard InChI is InChI=1S/C25H17BrClFN2O4/c1-14-2-6-18(27)12-21(14)30-24(32)20(23(31)29-25(30)33)11-16-10-17(26)5-9-22(16)34-13-15-3-7-19(28)8-4-15/h2-12H,13H2,1H3,(H,29,31,33)/b20-11+. The molecule has 0 unspecified atom stereocenters. The van der Waals surface area contributed by atoms with E-state index in [1.54, 1.807) is 49.4 Å². The van der Waals surface area contributed by atoms with Crippen molar-refractivity contribution >= 4 is 57.1 Å². The molecule has 9 heteroatoms. The highest BCUT2D eigenvalue weighted by molar-refractivity contribution is 9.10. The molecule has 0 bridgehead atoms. The maximum atomic E-state index is 13.3. The Morgan fingerprint density at radius 3 is 2.53 bits per heavy atom. The molecule has 34 heavy (non-hydrogen) atoms. The SMILES string of the molecule is Cc1ccc(Cl)cc1N1C(=O)NC(=O)/C(=C\c2cc(Br)ccc2OCc2ccc(F)cc2)C1=O. The Morgan fingerprint density at radius 1 is 1.06 bits per heavy atom. The fourth-order valence-electron chi connectivity index (χ4n) is 3.36. The van der Waals surface area contributed by atoms with Gasteiger partial charge in [0.25, 0.3) is 11.8 Å². The van der Waals surface area contributed by atoms with E-state index in [1.165, 1.54) is 24.3 Å². The van der Waals surface area contributed by atoms with Gasteiger partial charge in [0, 0.05) is 15.1 Å². The van der Waals surface area contributed by atoms with Gasteiger partial charge in [0.2, 0.25) is 0 Å². The fraction of sp³-hybridized carbons (Fsp3) is 0.0800. The summed E-state index contributed by atoms with van der Waals surface area (Å²) >= 11 is 9.44. The van der Waals surface area contributed by atoms with Crippen molar-refractivity contribution < 1.29 is 23.5 Å². The van der Waals surface area contributed by atoms with Crippen LogP contribution in [0.1, 0.15) is 16.7 Å². The molecule has 6 nitrogen and oxygen atoms in total. The van der Waals surface area contributed by atoms with Crippen LogP contribution in [0.2, 0.25) is 5.02 Å². The first kappa shape index (κ1) is 23.7. The Hall–Kier alpha value is -3.49. The number of carbonyl (C=O) groups is 3. The summed E-state index contributed by atoms with van der Waals surface area (Å²) in [6.45, 7) is 1.87. The van der Waals surface area contributed by atoms with Crippen LogP contribution in [0.15, 0.2) is 70.7 Å². The third-order valence-corrected chi connectivity index (χ3v) is 5.82. The van der Waals surface area contributed by atoms with Gasteiger partial charge in [-0.25, -0.2) is 14.1 Å². The lowest BCUT2D eigenvalue weighted by Crippen LogP contribution is -2.54. The molecule has 3 aromatic carbocycles. The van der Waals surface area contributed by atoms with E-state index < -0.39 is 17.8 Å². The van der Waals surface area contributed by atoms with E-state index in [1.807, 2.05) is 0 Å². The van der Waals surface area contributed by atoms with Crippen molar-refractivity contribution in [1.29, 1.82) is 0 Å². The van der Waals surface area contributed by atoms with Crippen molar-refractivity contribution in [3.8, 4) is 5.75 Å². The molecule has 0 radical (unpaired) electrons. The molecule has 0 aliphatic carbocycles. The van der Waals surface area contributed by atoms with Gasteiger partial charge in [-0.1, -0.05) is 45.7 Å². The largest absolute Gasteiger partial charge is 0.488 e. The lowest BCUT2D eigenvalue weighted by atomic mass is 10.0. The van der Waals surface area contributed by atoms with E-state index in [2.05, 4.69) is 21.2 Å². The Labute approximate surface area is 208 Å². The number of amides is 4. The number of aryl methyl sites for hydroxylation is 1. The molecule has 3 aromatic rings. The summed E-state index contributed by atoms with van der Waals surface area (Å²) in [6.07, 6.45) is 1.36. The number of anilines is 1. The Balaban J connectivity index is 1.69. The highest BCUT2D eigenvalue weighted by Crippen LogP contribution is 2.30. The molecular weight excluding hydrogens is 527 g/mol. The smallest absolute Gasteiger partial charge is 0.335 e. The second-order valence-corrected chi connectivity index (χ2v) is 8.84. The molecule has 172 valence electrons. The first-order valence-electron chi connectivity index (χ1n) is 10.1. The minimum atomic E-state index is -0.862. The number of benzene rings is 3. The van der Waals surface area contributed by atoms with Gasteiger partial charge in [0.05, 0.1) is 5.69 Å². The summed E-state index contributed by atoms with van der Waals surface area (Å²) in [5.41, 5.74) is 1.83. The lowest BCUT2D eigenvalue weighted by molar-refractivity contribution is -0.122. The minimum Gasteiger partial charge on any atom is -0.488 e. The fourth-order valence-corrected chi connectivity index (χ4v) is 3.91. The molecular formula is C25H17BrClFN2O4. The van der Waals surface area contributed by atoms with Gasteiger partial charge in [0.15, 0.2) is 0 Å². The maximum Gasteiger partial charge on any atom is 0.335 e. The summed E-state index contributed by atoms with van der Waals surface area (Å²) in [4.78, 5) is 39.3. The molecule has 4 amide bonds. The number of barbiturate groups is 1. The van der Waals surface area contributed by atoms with E-state index >= 15 is 0 Å². The van der Waals surface area contributed by atoms with Gasteiger partial charge in [-0.15, -0.1) is 0 Å². The van der Waals surface area contributed by atoms with Crippen molar-refractivity contribution in [3.63, 3.8) is 0 Å². The number of rotatable bonds is 5. The first-order chi connectivity index (χ1) is 16.2. The zero-order valence-corrected chi connectivity index (χ0v) is 20.1. The monoisotopic (exact) mass is 542 g/mol. The van der Waals surface area contributed by atoms with Gasteiger partial charge in [-0.05, 0) is 66.6 Å². The molecule has 1 N–H and O–H groups in total. The lowest BCUT2D eigenvalue weighted by Gasteiger charge is -2.27. The van der Waals surface area contributed by atoms with Crippen LogP contribution in [0.25, 0.3) is 6.08 Å². The van der Waals surface area contributed by atoms with Crippen LogP contribution in [0, 0.1) is 12.7 Å². The molecule has 0 saturated carbocycles. The second kappa shape index (κ2) is 9.79. The third-order valence-electron chi connectivity index (χ3n) is 5.09. The maximum absolute atomic E-state index is 13.3. The highest BCUT2D eigenvalue weighted by Gasteiger charge is 2.37. The average Bonchev–Trinajstić information content (AvgIpc) is 2.79. The second-order valence-electron chi connectivity index (χ2n) is 7.49. The number of hydrogen-bond donors (Lipinski definition) is 1. The Bertz CT molecular complexity index is 1340. The van der Waals surface area contributed by atoms with E-state index in [-0.39, 0.29) is 23.7 Å². The summed E-state index contributed by atoms with van der Waals surface area (Å²) < 4.78 is 19.7. The van der Waals surface area contributed by atoms with Gasteiger partial charge >= 0.3 is 6.03 Å². The van der Waals surface area contributed by atoms with Gasteiger partial charge < -0.3 is 4.74 Å². The van der Waals surface area contributed by atoms with E-state index in [4.69, 9.17) is 16.3 Å². The number of halogens is 3. The van der Waals surface area contributed by atoms with Crippen LogP contribution >= 0.6 is 27.5 Å². The molecule has 1 saturated heterocycles. The van der Waals surface area contributed by atoms with Crippen LogP contribution in [0.3, 0.4) is 0 Å². The molecule has 0 atom stereocenters. The minimum absolute atomic E-state index is 0.143. The number of hydrogen-bond acceptors (Lipinski definition) is 4. The van der Waals surface area contributed by atoms with Crippen LogP contribution in [-0.2, 0) is 16.2 Å². The zero-order chi connectivity index (χ0) is 24.4. The van der Waals surface area contributed by atoms with Gasteiger partial charge in [-0.3, -0.25) is 14.9 Å². The van der Waals surface area contributed by atoms with Crippen molar-refractivity contribution in [3.05, 3.63) is 98.2 Å². The number of nitrogens with one attached hydrogen (secondary N) is 1. The normalized spacial score (nSPS) is 15.0. The van der Waals surface area contributed by atoms with Crippen LogP contribution in [0.5, 0.6) is 5.75 Å². The summed E-state index contributed by atoms with van der Waals surface area (Å²) in [6, 6.07) is 14.9. The Kier molecular flexibility index (Phi) is 6.81. The van der Waals surface area contributed by atoms with E-state index in [9.17, 15) is 18.8 Å². The number of urea groups is 1. The molecule has 0 aromatic heterocycles. The summed E-state index contributed by atoms with van der Waals surface area (Å²) in [5, 5.41) is 2.54. The zero-order valence-electron chi connectivity index (χ0n) is 17.8. The summed E-state index contributed by atoms with van der Waals surface area (Å²) in [5.74, 6) is -1.57. The van der Waals surface area contributed by atoms with Crippen molar-refractivity contribution in [2.24, 2.45) is 0 Å². The molecule has 4 rings (SSSR count). The topological polar surface area (TPSA) is 75.7 Å². The van der Waals surface area contributed by atoms with Gasteiger partial charge in [0.1, 0.15) is 23.7 Å². The molecule has 1 aliphatic rings. The van der Waals surface area contributed by atoms with Crippen LogP contribution < -0.4 is 15.0 Å². The first-order valence-corrected chi connectivity index (χ1v) is 11.2. The molecule has 0 spiro atoms. The van der Waals surface area contributed by atoms with E-state index in [0.717, 1.165) is 10.5 Å². The van der Waals surface area contributed by atoms with E-state index in [0.29, 0.717) is 26.4 Å². The van der Waals surface area contributed by atoms with Crippen molar-refractivity contribution in [2.45, 2.75) is 13.5 Å². The molecule has 1 heterocycles. The number of imide groups is 2. The highest BCUT2D eigenvalue weighted by atomic mass is 79.9. The molecule has 1 aliphatic heterocycles. The summed E-state index contributed by atoms with van der Waals surface area (Å²) in [7, 11) is 0. The van der Waals surface area contributed by atoms with Crippen LogP contribution in [0.4, 0.5) is 14.9 Å². The average molecular weight is 544 g/mol. The van der Waals surface area contributed by atoms with Crippen LogP contribution in [-0.4, -0.2) is 17.8 Å². The van der Waals surface area contributed by atoms with Crippen molar-refractivity contribution in [1.82, 2.24) is 5.32 Å². The number of ether oxygens (including phenoxy) is 1. The number of carbonyl (C=O) groups excluding carboxylic acids is 3. The Morgan fingerprint density at radius 2 is 1.79 bits per heavy atom. The third kappa shape index (κ3) is 5.03. The van der Waals surface area contributed by atoms with Gasteiger partial charge in [-0.2, -0.15) is 0 Å².